The van der Waals surface area contributed by atoms with Crippen LogP contribution in [0.1, 0.15) is 30.6 Å². The van der Waals surface area contributed by atoms with E-state index in [4.69, 9.17) is 23.2 Å². The van der Waals surface area contributed by atoms with Crippen LogP contribution in [0.2, 0.25) is 10.0 Å². The van der Waals surface area contributed by atoms with Crippen LogP contribution in [-0.2, 0) is 4.79 Å². The Morgan fingerprint density at radius 2 is 1.87 bits per heavy atom. The molecular formula is C14H19BCl2N2O4. The maximum Gasteiger partial charge on any atom is 0.475 e. The highest BCUT2D eigenvalue weighted by molar-refractivity contribution is 6.43. The molecule has 23 heavy (non-hydrogen) atoms. The van der Waals surface area contributed by atoms with Crippen molar-refractivity contribution in [2.75, 3.05) is 6.54 Å². The van der Waals surface area contributed by atoms with Crippen molar-refractivity contribution in [2.24, 2.45) is 5.92 Å². The molecule has 1 atom stereocenters. The second-order valence-electron chi connectivity index (χ2n) is 5.53. The molecule has 6 nitrogen and oxygen atoms in total. The van der Waals surface area contributed by atoms with E-state index in [2.05, 4.69) is 10.6 Å². The number of amides is 2. The van der Waals surface area contributed by atoms with E-state index in [9.17, 15) is 19.6 Å². The van der Waals surface area contributed by atoms with Gasteiger partial charge in [0.2, 0.25) is 5.91 Å². The summed E-state index contributed by atoms with van der Waals surface area (Å²) in [5.41, 5.74) is 0.271. The van der Waals surface area contributed by atoms with E-state index in [0.29, 0.717) is 11.4 Å². The van der Waals surface area contributed by atoms with Crippen LogP contribution >= 0.6 is 23.2 Å². The Hall–Kier alpha value is -1.28. The Balaban J connectivity index is 2.54. The number of nitrogens with one attached hydrogen (secondary N) is 2. The summed E-state index contributed by atoms with van der Waals surface area (Å²) in [5.74, 6) is -1.61. The molecule has 0 aliphatic heterocycles. The lowest BCUT2D eigenvalue weighted by atomic mass is 9.75. The molecular weight excluding hydrogens is 342 g/mol. The molecule has 1 aromatic rings. The molecule has 0 radical (unpaired) electrons. The third-order valence-corrected chi connectivity index (χ3v) is 3.76. The van der Waals surface area contributed by atoms with Crippen molar-refractivity contribution in [3.8, 4) is 0 Å². The van der Waals surface area contributed by atoms with E-state index >= 15 is 0 Å². The van der Waals surface area contributed by atoms with Crippen LogP contribution in [0.25, 0.3) is 0 Å². The van der Waals surface area contributed by atoms with Gasteiger partial charge in [-0.25, -0.2) is 0 Å². The molecule has 0 saturated heterocycles. The van der Waals surface area contributed by atoms with Crippen LogP contribution in [0.3, 0.4) is 0 Å². The fourth-order valence-corrected chi connectivity index (χ4v) is 2.22. The van der Waals surface area contributed by atoms with E-state index in [1.54, 1.807) is 0 Å². The third kappa shape index (κ3) is 6.79. The van der Waals surface area contributed by atoms with Gasteiger partial charge in [0.25, 0.3) is 5.91 Å². The molecule has 0 aliphatic rings. The fraction of sp³-hybridized carbons (Fsp3) is 0.429. The van der Waals surface area contributed by atoms with Crippen molar-refractivity contribution in [2.45, 2.75) is 26.2 Å². The molecule has 0 bridgehead atoms. The van der Waals surface area contributed by atoms with Crippen molar-refractivity contribution < 1.29 is 19.6 Å². The number of hydrogen-bond donors (Lipinski definition) is 4. The fourth-order valence-electron chi connectivity index (χ4n) is 1.92. The minimum atomic E-state index is -1.66. The number of benzene rings is 1. The SMILES string of the molecule is CC(C)C[C@H](NC(=O)CNC(=O)c1ccc(Cl)c(Cl)c1)B(O)O. The van der Waals surface area contributed by atoms with Gasteiger partial charge in [-0.2, -0.15) is 0 Å². The molecule has 1 aromatic carbocycles. The summed E-state index contributed by atoms with van der Waals surface area (Å²) in [7, 11) is -1.66. The van der Waals surface area contributed by atoms with E-state index in [0.717, 1.165) is 0 Å². The Labute approximate surface area is 145 Å². The summed E-state index contributed by atoms with van der Waals surface area (Å²) < 4.78 is 0. The van der Waals surface area contributed by atoms with Gasteiger partial charge >= 0.3 is 7.12 Å². The van der Waals surface area contributed by atoms with E-state index < -0.39 is 24.9 Å². The predicted molar refractivity (Wildman–Crippen MR) is 90.4 cm³/mol. The highest BCUT2D eigenvalue weighted by atomic mass is 35.5. The third-order valence-electron chi connectivity index (χ3n) is 3.02. The van der Waals surface area contributed by atoms with Crippen molar-refractivity contribution in [3.63, 3.8) is 0 Å². The summed E-state index contributed by atoms with van der Waals surface area (Å²) in [5, 5.41) is 24.0. The lowest BCUT2D eigenvalue weighted by molar-refractivity contribution is -0.120. The Morgan fingerprint density at radius 1 is 1.22 bits per heavy atom. The lowest BCUT2D eigenvalue weighted by Crippen LogP contribution is -2.50. The Bertz CT molecular complexity index is 570. The molecule has 2 amide bonds. The zero-order valence-corrected chi connectivity index (χ0v) is 14.4. The molecule has 0 spiro atoms. The van der Waals surface area contributed by atoms with E-state index in [1.165, 1.54) is 18.2 Å². The maximum absolute atomic E-state index is 11.9. The molecule has 9 heteroatoms. The summed E-state index contributed by atoms with van der Waals surface area (Å²) in [6.45, 7) is 3.50. The molecule has 4 N–H and O–H groups in total. The van der Waals surface area contributed by atoms with Gasteiger partial charge in [0.1, 0.15) is 0 Å². The lowest BCUT2D eigenvalue weighted by Gasteiger charge is -2.19. The van der Waals surface area contributed by atoms with Gasteiger partial charge in [-0.3, -0.25) is 9.59 Å². The van der Waals surface area contributed by atoms with Crippen LogP contribution in [0.4, 0.5) is 0 Å². The smallest absolute Gasteiger partial charge is 0.426 e. The Kier molecular flexibility index (Phi) is 7.84. The van der Waals surface area contributed by atoms with Crippen LogP contribution in [-0.4, -0.2) is 41.5 Å². The predicted octanol–water partition coefficient (Wildman–Crippen LogP) is 1.27. The van der Waals surface area contributed by atoms with Gasteiger partial charge in [0.05, 0.1) is 22.5 Å². The minimum absolute atomic E-state index is 0.174. The molecule has 1 rings (SSSR count). The van der Waals surface area contributed by atoms with Crippen molar-refractivity contribution in [1.82, 2.24) is 10.6 Å². The summed E-state index contributed by atoms with van der Waals surface area (Å²) in [6, 6.07) is 4.37. The Morgan fingerprint density at radius 3 is 2.39 bits per heavy atom. The number of hydrogen-bond acceptors (Lipinski definition) is 4. The van der Waals surface area contributed by atoms with Gasteiger partial charge in [0.15, 0.2) is 0 Å². The first-order valence-electron chi connectivity index (χ1n) is 7.09. The van der Waals surface area contributed by atoms with Crippen LogP contribution in [0.15, 0.2) is 18.2 Å². The number of carbonyl (C=O) groups excluding carboxylic acids is 2. The van der Waals surface area contributed by atoms with Gasteiger partial charge in [0, 0.05) is 5.56 Å². The normalized spacial score (nSPS) is 12.0. The van der Waals surface area contributed by atoms with E-state index in [-0.39, 0.29) is 23.0 Å². The quantitative estimate of drug-likeness (QED) is 0.550. The zero-order chi connectivity index (χ0) is 17.6. The number of halogens is 2. The van der Waals surface area contributed by atoms with Crippen molar-refractivity contribution in [1.29, 1.82) is 0 Å². The summed E-state index contributed by atoms with van der Waals surface area (Å²) in [6.07, 6.45) is 0.407. The zero-order valence-electron chi connectivity index (χ0n) is 12.8. The van der Waals surface area contributed by atoms with Gasteiger partial charge < -0.3 is 20.7 Å². The summed E-state index contributed by atoms with van der Waals surface area (Å²) >= 11 is 11.6. The summed E-state index contributed by atoms with van der Waals surface area (Å²) in [4.78, 5) is 23.7. The highest BCUT2D eigenvalue weighted by Gasteiger charge is 2.26. The van der Waals surface area contributed by atoms with Gasteiger partial charge in [-0.15, -0.1) is 0 Å². The van der Waals surface area contributed by atoms with Crippen LogP contribution < -0.4 is 10.6 Å². The second-order valence-corrected chi connectivity index (χ2v) is 6.34. The number of rotatable bonds is 7. The monoisotopic (exact) mass is 360 g/mol. The average molecular weight is 361 g/mol. The van der Waals surface area contributed by atoms with Crippen LogP contribution in [0, 0.1) is 5.92 Å². The molecule has 0 fully saturated rings. The second kappa shape index (κ2) is 9.13. The highest BCUT2D eigenvalue weighted by Crippen LogP contribution is 2.22. The first kappa shape index (κ1) is 19.8. The molecule has 0 aromatic heterocycles. The first-order valence-corrected chi connectivity index (χ1v) is 7.85. The maximum atomic E-state index is 11.9. The standard InChI is InChI=1S/C14H19BCl2N2O4/c1-8(2)5-12(15(22)23)19-13(20)7-18-14(21)9-3-4-10(16)11(17)6-9/h3-4,6,8,12,22-23H,5,7H2,1-2H3,(H,18,21)(H,19,20)/t12-/m0/s1. The molecule has 126 valence electrons. The van der Waals surface area contributed by atoms with Crippen molar-refractivity contribution in [3.05, 3.63) is 33.8 Å². The topological polar surface area (TPSA) is 98.7 Å². The number of carbonyl (C=O) groups is 2. The molecule has 0 saturated carbocycles. The molecule has 0 unspecified atom stereocenters. The van der Waals surface area contributed by atoms with Crippen molar-refractivity contribution >= 4 is 42.1 Å². The molecule has 0 heterocycles. The molecule has 0 aliphatic carbocycles. The average Bonchev–Trinajstić information content (AvgIpc) is 2.46. The van der Waals surface area contributed by atoms with E-state index in [1.807, 2.05) is 13.8 Å². The first-order chi connectivity index (χ1) is 10.7. The van der Waals surface area contributed by atoms with Gasteiger partial charge in [-0.1, -0.05) is 37.0 Å². The van der Waals surface area contributed by atoms with Gasteiger partial charge in [-0.05, 0) is 30.5 Å². The minimum Gasteiger partial charge on any atom is -0.426 e. The van der Waals surface area contributed by atoms with Crippen LogP contribution in [0.5, 0.6) is 0 Å². The largest absolute Gasteiger partial charge is 0.475 e.